The van der Waals surface area contributed by atoms with E-state index in [2.05, 4.69) is 9.82 Å². The first-order valence-electron chi connectivity index (χ1n) is 8.18. The molecule has 1 fully saturated rings. The van der Waals surface area contributed by atoms with E-state index in [-0.39, 0.29) is 37.9 Å². The Morgan fingerprint density at radius 2 is 1.81 bits per heavy atom. The number of carbonyl (C=O) groups excluding carboxylic acids is 1. The topological polar surface area (TPSA) is 87.5 Å². The summed E-state index contributed by atoms with van der Waals surface area (Å²) < 4.78 is 67.4. The van der Waals surface area contributed by atoms with Gasteiger partial charge in [0.25, 0.3) is 10.2 Å². The molecule has 1 aliphatic rings. The van der Waals surface area contributed by atoms with Gasteiger partial charge in [-0.05, 0) is 20.8 Å². The van der Waals surface area contributed by atoms with Crippen molar-refractivity contribution in [1.29, 1.82) is 0 Å². The number of piperazine rings is 1. The average molecular weight is 432 g/mol. The first kappa shape index (κ1) is 21.9. The second-order valence-electron chi connectivity index (χ2n) is 6.46. The third kappa shape index (κ3) is 5.12. The van der Waals surface area contributed by atoms with Crippen LogP contribution in [-0.2, 0) is 27.7 Å². The molecule has 0 radical (unpaired) electrons. The smallest absolute Gasteiger partial charge is 0.338 e. The van der Waals surface area contributed by atoms with Crippen LogP contribution in [0.5, 0.6) is 0 Å². The summed E-state index contributed by atoms with van der Waals surface area (Å²) in [6, 6.07) is -0.259. The summed E-state index contributed by atoms with van der Waals surface area (Å²) in [7, 11) is -3.63. The highest BCUT2D eigenvalue weighted by atomic mass is 35.5. The van der Waals surface area contributed by atoms with Gasteiger partial charge in [0.1, 0.15) is 6.54 Å². The fraction of sp³-hybridized carbons (Fsp3) is 0.714. The number of rotatable bonds is 5. The van der Waals surface area contributed by atoms with Crippen LogP contribution in [0.2, 0.25) is 5.02 Å². The van der Waals surface area contributed by atoms with Gasteiger partial charge >= 0.3 is 6.18 Å². The molecule has 1 aromatic heterocycles. The Hall–Kier alpha value is -1.37. The zero-order chi connectivity index (χ0) is 20.6. The number of nitrogens with zero attached hydrogens (tertiary/aromatic N) is 4. The van der Waals surface area contributed by atoms with Crippen LogP contribution in [0.1, 0.15) is 25.2 Å². The number of halogens is 4. The van der Waals surface area contributed by atoms with Crippen LogP contribution >= 0.6 is 11.6 Å². The summed E-state index contributed by atoms with van der Waals surface area (Å²) in [5.41, 5.74) is -1.19. The quantitative estimate of drug-likeness (QED) is 0.760. The molecule has 27 heavy (non-hydrogen) atoms. The van der Waals surface area contributed by atoms with E-state index in [0.717, 1.165) is 4.68 Å². The molecule has 1 aliphatic heterocycles. The van der Waals surface area contributed by atoms with Gasteiger partial charge in [-0.15, -0.1) is 0 Å². The van der Waals surface area contributed by atoms with E-state index >= 15 is 0 Å². The normalized spacial score (nSPS) is 17.0. The molecule has 0 aromatic carbocycles. The van der Waals surface area contributed by atoms with Gasteiger partial charge in [0.2, 0.25) is 5.91 Å². The lowest BCUT2D eigenvalue weighted by Crippen LogP contribution is -2.54. The van der Waals surface area contributed by atoms with Crippen molar-refractivity contribution in [2.24, 2.45) is 0 Å². The minimum absolute atomic E-state index is 0.0414. The van der Waals surface area contributed by atoms with Crippen molar-refractivity contribution in [2.75, 3.05) is 26.2 Å². The zero-order valence-corrected chi connectivity index (χ0v) is 16.6. The predicted octanol–water partition coefficient (Wildman–Crippen LogP) is 1.25. The fourth-order valence-corrected chi connectivity index (χ4v) is 4.27. The molecule has 0 bridgehead atoms. The highest BCUT2D eigenvalue weighted by Crippen LogP contribution is 2.35. The van der Waals surface area contributed by atoms with E-state index in [1.165, 1.54) is 16.1 Å². The lowest BCUT2D eigenvalue weighted by molar-refractivity contribution is -0.142. The molecule has 0 atom stereocenters. The molecule has 154 valence electrons. The molecule has 1 aromatic rings. The summed E-state index contributed by atoms with van der Waals surface area (Å²) >= 11 is 5.67. The summed E-state index contributed by atoms with van der Waals surface area (Å²) in [6.45, 7) is 4.81. The number of carbonyl (C=O) groups is 1. The molecule has 1 N–H and O–H groups in total. The molecular weight excluding hydrogens is 411 g/mol. The summed E-state index contributed by atoms with van der Waals surface area (Å²) in [5.74, 6) is -0.458. The SMILES string of the molecule is Cc1c(Cl)c(C(F)(F)F)nn1CC(=O)N1CCN(S(=O)(=O)NC(C)C)CC1. The van der Waals surface area contributed by atoms with Crippen molar-refractivity contribution in [3.8, 4) is 0 Å². The van der Waals surface area contributed by atoms with Crippen molar-refractivity contribution in [2.45, 2.75) is 39.5 Å². The van der Waals surface area contributed by atoms with Crippen LogP contribution in [-0.4, -0.2) is 65.5 Å². The van der Waals surface area contributed by atoms with Crippen LogP contribution in [0.3, 0.4) is 0 Å². The van der Waals surface area contributed by atoms with Gasteiger partial charge in [-0.2, -0.15) is 35.7 Å². The zero-order valence-electron chi connectivity index (χ0n) is 15.0. The molecule has 8 nitrogen and oxygen atoms in total. The summed E-state index contributed by atoms with van der Waals surface area (Å²) in [6.07, 6.45) is -4.71. The first-order chi connectivity index (χ1) is 12.3. The Labute approximate surface area is 160 Å². The minimum Gasteiger partial charge on any atom is -0.338 e. The Morgan fingerprint density at radius 3 is 2.26 bits per heavy atom. The van der Waals surface area contributed by atoms with Gasteiger partial charge < -0.3 is 4.90 Å². The lowest BCUT2D eigenvalue weighted by Gasteiger charge is -2.34. The lowest BCUT2D eigenvalue weighted by atomic mass is 10.3. The Kier molecular flexibility index (Phi) is 6.44. The van der Waals surface area contributed by atoms with Gasteiger partial charge in [-0.25, -0.2) is 0 Å². The predicted molar refractivity (Wildman–Crippen MR) is 92.3 cm³/mol. The number of alkyl halides is 3. The number of hydrogen-bond acceptors (Lipinski definition) is 4. The molecule has 0 saturated carbocycles. The molecule has 0 spiro atoms. The van der Waals surface area contributed by atoms with Crippen molar-refractivity contribution in [3.05, 3.63) is 16.4 Å². The van der Waals surface area contributed by atoms with Crippen molar-refractivity contribution < 1.29 is 26.4 Å². The minimum atomic E-state index is -4.71. The third-order valence-electron chi connectivity index (χ3n) is 4.00. The van der Waals surface area contributed by atoms with E-state index in [1.54, 1.807) is 13.8 Å². The van der Waals surface area contributed by atoms with Crippen LogP contribution in [0, 0.1) is 6.92 Å². The first-order valence-corrected chi connectivity index (χ1v) is 10.00. The van der Waals surface area contributed by atoms with Crippen molar-refractivity contribution >= 4 is 27.7 Å². The molecule has 2 heterocycles. The maximum absolute atomic E-state index is 12.9. The molecule has 2 rings (SSSR count). The molecule has 1 saturated heterocycles. The number of hydrogen-bond donors (Lipinski definition) is 1. The maximum Gasteiger partial charge on any atom is 0.436 e. The van der Waals surface area contributed by atoms with Crippen LogP contribution in [0.25, 0.3) is 0 Å². The second kappa shape index (κ2) is 7.94. The molecule has 1 amide bonds. The van der Waals surface area contributed by atoms with Crippen molar-refractivity contribution in [1.82, 2.24) is 23.7 Å². The van der Waals surface area contributed by atoms with Gasteiger partial charge in [0.15, 0.2) is 5.69 Å². The van der Waals surface area contributed by atoms with Crippen molar-refractivity contribution in [3.63, 3.8) is 0 Å². The molecule has 0 aliphatic carbocycles. The van der Waals surface area contributed by atoms with E-state index in [1.807, 2.05) is 0 Å². The fourth-order valence-electron chi connectivity index (χ4n) is 2.64. The largest absolute Gasteiger partial charge is 0.436 e. The maximum atomic E-state index is 12.9. The van der Waals surface area contributed by atoms with E-state index < -0.39 is 39.6 Å². The standard InChI is InChI=1S/C14H21ClF3N5O3S/c1-9(2)20-27(25,26)22-6-4-21(5-7-22)11(24)8-23-10(3)12(15)13(19-23)14(16,17)18/h9,20H,4-8H2,1-3H3. The van der Waals surface area contributed by atoms with Crippen LogP contribution in [0.4, 0.5) is 13.2 Å². The van der Waals surface area contributed by atoms with E-state index in [4.69, 9.17) is 11.6 Å². The molecule has 0 unspecified atom stereocenters. The second-order valence-corrected chi connectivity index (χ2v) is 8.54. The van der Waals surface area contributed by atoms with Gasteiger partial charge in [0.05, 0.1) is 10.7 Å². The highest BCUT2D eigenvalue weighted by Gasteiger charge is 2.38. The molecular formula is C14H21ClF3N5O3S. The average Bonchev–Trinajstić information content (AvgIpc) is 2.82. The molecule has 13 heteroatoms. The highest BCUT2D eigenvalue weighted by molar-refractivity contribution is 7.87. The van der Waals surface area contributed by atoms with Crippen LogP contribution < -0.4 is 4.72 Å². The van der Waals surface area contributed by atoms with E-state index in [9.17, 15) is 26.4 Å². The van der Waals surface area contributed by atoms with Gasteiger partial charge in [0, 0.05) is 32.2 Å². The van der Waals surface area contributed by atoms with Crippen LogP contribution in [0.15, 0.2) is 0 Å². The number of nitrogens with one attached hydrogen (secondary N) is 1. The third-order valence-corrected chi connectivity index (χ3v) is 6.27. The number of amides is 1. The monoisotopic (exact) mass is 431 g/mol. The number of aromatic nitrogens is 2. The van der Waals surface area contributed by atoms with E-state index in [0.29, 0.717) is 0 Å². The summed E-state index contributed by atoms with van der Waals surface area (Å²) in [4.78, 5) is 13.8. The Morgan fingerprint density at radius 1 is 1.26 bits per heavy atom. The Balaban J connectivity index is 2.01. The van der Waals surface area contributed by atoms with Gasteiger partial charge in [-0.1, -0.05) is 11.6 Å². The van der Waals surface area contributed by atoms with Gasteiger partial charge in [-0.3, -0.25) is 9.48 Å². The Bertz CT molecular complexity index is 802. The summed E-state index contributed by atoms with van der Waals surface area (Å²) in [5, 5.41) is 2.86.